The normalized spacial score (nSPS) is 13.4. The molecule has 1 spiro atoms. The SMILES string of the molecule is C=C/C=C\C1=C(N(c2ccc(-c3ccccc3)cc2)c2ccc(-c3cccc4c3c3ccccc3n4-c3cccc4ccccc34)cc2)C2(c3ccccc31)c1ccccc1-c1ccccc12. The molecule has 11 aromatic rings. The average Bonchev–Trinajstić information content (AvgIpc) is 4.00. The first-order valence-electron chi connectivity index (χ1n) is 23.1. The Hall–Kier alpha value is -8.72. The first-order chi connectivity index (χ1) is 33.2. The van der Waals surface area contributed by atoms with Gasteiger partial charge in [0.1, 0.15) is 0 Å². The summed E-state index contributed by atoms with van der Waals surface area (Å²) in [7, 11) is 0. The molecule has 314 valence electrons. The minimum Gasteiger partial charge on any atom is -0.312 e. The standard InChI is InChI=1S/C65H44N2/c1-2-3-23-55-54-27-11-15-32-59(54)65(57-30-13-9-25-52(57)53-26-10-14-31-58(53)65)64(55)66(48-40-36-45(37-41-48)44-19-5-4-6-20-44)49-42-38-47(39-43-49)51-29-18-35-62-63(51)56-28-12-16-33-61(56)67(62)60-34-17-22-46-21-7-8-24-50(46)60/h2-43H,1H2/b23-3-. The lowest BCUT2D eigenvalue weighted by Gasteiger charge is -2.39. The van der Waals surface area contributed by atoms with Crippen molar-refractivity contribution in [3.05, 3.63) is 289 Å². The summed E-state index contributed by atoms with van der Waals surface area (Å²) in [5.74, 6) is 0. The molecule has 0 atom stereocenters. The molecule has 2 aliphatic rings. The zero-order valence-corrected chi connectivity index (χ0v) is 36.9. The van der Waals surface area contributed by atoms with Gasteiger partial charge in [-0.3, -0.25) is 0 Å². The number of hydrogen-bond donors (Lipinski definition) is 0. The lowest BCUT2D eigenvalue weighted by atomic mass is 9.71. The summed E-state index contributed by atoms with van der Waals surface area (Å²) < 4.78 is 2.45. The lowest BCUT2D eigenvalue weighted by molar-refractivity contribution is 0.745. The lowest BCUT2D eigenvalue weighted by Crippen LogP contribution is -2.35. The first-order valence-corrected chi connectivity index (χ1v) is 23.1. The number of aromatic nitrogens is 1. The molecular formula is C65H44N2. The Morgan fingerprint density at radius 3 is 1.61 bits per heavy atom. The van der Waals surface area contributed by atoms with E-state index in [-0.39, 0.29) is 0 Å². The Morgan fingerprint density at radius 1 is 0.403 bits per heavy atom. The highest BCUT2D eigenvalue weighted by Gasteiger charge is 2.54. The van der Waals surface area contributed by atoms with Crippen LogP contribution in [0.4, 0.5) is 11.4 Å². The van der Waals surface area contributed by atoms with E-state index < -0.39 is 5.41 Å². The van der Waals surface area contributed by atoms with E-state index in [1.54, 1.807) is 0 Å². The van der Waals surface area contributed by atoms with Crippen LogP contribution in [0.3, 0.4) is 0 Å². The van der Waals surface area contributed by atoms with Gasteiger partial charge in [0.25, 0.3) is 0 Å². The highest BCUT2D eigenvalue weighted by atomic mass is 15.2. The molecule has 13 rings (SSSR count). The minimum atomic E-state index is -0.615. The van der Waals surface area contributed by atoms with Gasteiger partial charge in [0.05, 0.1) is 27.8 Å². The van der Waals surface area contributed by atoms with E-state index in [9.17, 15) is 0 Å². The highest BCUT2D eigenvalue weighted by Crippen LogP contribution is 2.64. The van der Waals surface area contributed by atoms with Crippen LogP contribution in [0.1, 0.15) is 22.3 Å². The van der Waals surface area contributed by atoms with E-state index in [1.807, 2.05) is 6.08 Å². The van der Waals surface area contributed by atoms with Crippen molar-refractivity contribution in [1.82, 2.24) is 4.57 Å². The second-order valence-electron chi connectivity index (χ2n) is 17.6. The molecule has 67 heavy (non-hydrogen) atoms. The van der Waals surface area contributed by atoms with Crippen molar-refractivity contribution in [3.8, 4) is 39.1 Å². The van der Waals surface area contributed by atoms with Crippen LogP contribution in [0.2, 0.25) is 0 Å². The Balaban J connectivity index is 1.05. The molecule has 1 heterocycles. The highest BCUT2D eigenvalue weighted by molar-refractivity contribution is 6.16. The van der Waals surface area contributed by atoms with Gasteiger partial charge in [-0.15, -0.1) is 0 Å². The van der Waals surface area contributed by atoms with Crippen LogP contribution in [0.5, 0.6) is 0 Å². The van der Waals surface area contributed by atoms with Gasteiger partial charge in [-0.1, -0.05) is 219 Å². The molecule has 0 radical (unpaired) electrons. The molecule has 0 saturated carbocycles. The van der Waals surface area contributed by atoms with E-state index in [2.05, 4.69) is 265 Å². The molecule has 2 aliphatic carbocycles. The fraction of sp³-hybridized carbons (Fsp3) is 0.0154. The van der Waals surface area contributed by atoms with Crippen LogP contribution in [0.25, 0.3) is 77.2 Å². The van der Waals surface area contributed by atoms with Crippen molar-refractivity contribution in [3.63, 3.8) is 0 Å². The third-order valence-electron chi connectivity index (χ3n) is 14.2. The zero-order chi connectivity index (χ0) is 44.5. The maximum atomic E-state index is 4.15. The molecule has 2 nitrogen and oxygen atoms in total. The molecule has 0 N–H and O–H groups in total. The van der Waals surface area contributed by atoms with Gasteiger partial charge in [0, 0.05) is 33.1 Å². The quantitative estimate of drug-likeness (QED) is 0.138. The van der Waals surface area contributed by atoms with Crippen molar-refractivity contribution in [2.75, 3.05) is 4.90 Å². The number of fused-ring (bicyclic) bond motifs is 11. The van der Waals surface area contributed by atoms with Crippen LogP contribution in [0.15, 0.2) is 267 Å². The molecule has 0 amide bonds. The average molecular weight is 853 g/mol. The summed E-state index contributed by atoms with van der Waals surface area (Å²) in [5.41, 5.74) is 19.8. The molecule has 0 aliphatic heterocycles. The van der Waals surface area contributed by atoms with Gasteiger partial charge in [-0.2, -0.15) is 0 Å². The van der Waals surface area contributed by atoms with Crippen molar-refractivity contribution >= 4 is 49.5 Å². The first kappa shape index (κ1) is 38.7. The number of anilines is 2. The van der Waals surface area contributed by atoms with Crippen LogP contribution in [-0.4, -0.2) is 4.57 Å². The second kappa shape index (κ2) is 15.5. The van der Waals surface area contributed by atoms with E-state index in [0.717, 1.165) is 16.9 Å². The predicted molar refractivity (Wildman–Crippen MR) is 282 cm³/mol. The minimum absolute atomic E-state index is 0.615. The predicted octanol–water partition coefficient (Wildman–Crippen LogP) is 16.9. The summed E-state index contributed by atoms with van der Waals surface area (Å²) in [6.07, 6.45) is 6.25. The van der Waals surface area contributed by atoms with Crippen LogP contribution in [-0.2, 0) is 5.41 Å². The molecule has 0 fully saturated rings. The second-order valence-corrected chi connectivity index (χ2v) is 17.6. The summed E-state index contributed by atoms with van der Waals surface area (Å²) >= 11 is 0. The van der Waals surface area contributed by atoms with E-state index in [1.165, 1.54) is 99.6 Å². The third kappa shape index (κ3) is 5.76. The Labute approximate surface area is 391 Å². The number of allylic oxidation sites excluding steroid dienone is 5. The monoisotopic (exact) mass is 852 g/mol. The molecule has 0 bridgehead atoms. The Kier molecular flexibility index (Phi) is 8.94. The van der Waals surface area contributed by atoms with E-state index >= 15 is 0 Å². The maximum Gasteiger partial charge on any atom is 0.0881 e. The maximum absolute atomic E-state index is 4.15. The number of para-hydroxylation sites is 1. The molecule has 10 aromatic carbocycles. The third-order valence-corrected chi connectivity index (χ3v) is 14.2. The molecule has 2 heteroatoms. The molecule has 1 aromatic heterocycles. The fourth-order valence-corrected chi connectivity index (χ4v) is 11.5. The van der Waals surface area contributed by atoms with Crippen molar-refractivity contribution in [2.45, 2.75) is 5.41 Å². The Bertz CT molecular complexity index is 3760. The number of hydrogen-bond acceptors (Lipinski definition) is 1. The van der Waals surface area contributed by atoms with Crippen molar-refractivity contribution in [2.24, 2.45) is 0 Å². The summed E-state index contributed by atoms with van der Waals surface area (Å²) in [6, 6.07) is 87.1. The number of nitrogens with zero attached hydrogens (tertiary/aromatic N) is 2. The van der Waals surface area contributed by atoms with Gasteiger partial charge in [0.15, 0.2) is 0 Å². The molecular weight excluding hydrogens is 809 g/mol. The molecule has 0 unspecified atom stereocenters. The Morgan fingerprint density at radius 2 is 0.910 bits per heavy atom. The van der Waals surface area contributed by atoms with Crippen LogP contribution in [0, 0.1) is 0 Å². The largest absolute Gasteiger partial charge is 0.312 e. The zero-order valence-electron chi connectivity index (χ0n) is 36.9. The van der Waals surface area contributed by atoms with Crippen molar-refractivity contribution < 1.29 is 0 Å². The smallest absolute Gasteiger partial charge is 0.0881 e. The van der Waals surface area contributed by atoms with Crippen molar-refractivity contribution in [1.29, 1.82) is 0 Å². The van der Waals surface area contributed by atoms with Gasteiger partial charge < -0.3 is 9.47 Å². The fourth-order valence-electron chi connectivity index (χ4n) is 11.5. The topological polar surface area (TPSA) is 8.17 Å². The van der Waals surface area contributed by atoms with E-state index in [0.29, 0.717) is 0 Å². The summed E-state index contributed by atoms with van der Waals surface area (Å²) in [5, 5.41) is 4.94. The molecule has 0 saturated heterocycles. The van der Waals surface area contributed by atoms with Crippen LogP contribution >= 0.6 is 0 Å². The van der Waals surface area contributed by atoms with Gasteiger partial charge in [-0.25, -0.2) is 0 Å². The number of benzene rings is 10. The van der Waals surface area contributed by atoms with Crippen LogP contribution < -0.4 is 4.90 Å². The van der Waals surface area contributed by atoms with Gasteiger partial charge >= 0.3 is 0 Å². The van der Waals surface area contributed by atoms with E-state index in [4.69, 9.17) is 0 Å². The summed E-state index contributed by atoms with van der Waals surface area (Å²) in [6.45, 7) is 4.15. The van der Waals surface area contributed by atoms with Gasteiger partial charge in [0.2, 0.25) is 0 Å². The number of rotatable bonds is 8. The van der Waals surface area contributed by atoms with Gasteiger partial charge in [-0.05, 0) is 103 Å². The summed E-state index contributed by atoms with van der Waals surface area (Å²) in [4.78, 5) is 2.53.